The molecule has 2 aromatic carbocycles. The van der Waals surface area contributed by atoms with Crippen molar-refractivity contribution in [3.63, 3.8) is 0 Å². The summed E-state index contributed by atoms with van der Waals surface area (Å²) in [5.41, 5.74) is 5.47. The lowest BCUT2D eigenvalue weighted by molar-refractivity contribution is -0.122. The lowest BCUT2D eigenvalue weighted by Crippen LogP contribution is -2.33. The summed E-state index contributed by atoms with van der Waals surface area (Å²) in [6.45, 7) is 0. The van der Waals surface area contributed by atoms with Crippen molar-refractivity contribution in [2.24, 2.45) is 5.10 Å². The van der Waals surface area contributed by atoms with Gasteiger partial charge >= 0.3 is 0 Å². The number of halogens is 1. The number of hydrazone groups is 1. The van der Waals surface area contributed by atoms with Gasteiger partial charge in [-0.1, -0.05) is 54.1 Å². The standard InChI is InChI=1S/C16H13ClN2O/c17-13-8-6-12(7-9-13)15-10-14(16(20)19-18-15)11-4-2-1-3-5-11/h1-9,14H,10H2,(H,19,20). The van der Waals surface area contributed by atoms with Crippen molar-refractivity contribution in [1.82, 2.24) is 5.43 Å². The second kappa shape index (κ2) is 5.47. The van der Waals surface area contributed by atoms with Gasteiger partial charge in [0, 0.05) is 11.4 Å². The fourth-order valence-corrected chi connectivity index (χ4v) is 2.44. The molecule has 0 fully saturated rings. The van der Waals surface area contributed by atoms with Gasteiger partial charge in [-0.15, -0.1) is 0 Å². The molecule has 1 atom stereocenters. The van der Waals surface area contributed by atoms with Gasteiger partial charge in [-0.2, -0.15) is 5.10 Å². The van der Waals surface area contributed by atoms with Crippen molar-refractivity contribution in [1.29, 1.82) is 0 Å². The number of carbonyl (C=O) groups is 1. The van der Waals surface area contributed by atoms with Gasteiger partial charge in [0.15, 0.2) is 0 Å². The minimum Gasteiger partial charge on any atom is -0.272 e. The van der Waals surface area contributed by atoms with Crippen LogP contribution in [0.4, 0.5) is 0 Å². The molecule has 0 aromatic heterocycles. The molecule has 1 unspecified atom stereocenters. The zero-order chi connectivity index (χ0) is 13.9. The molecule has 20 heavy (non-hydrogen) atoms. The Balaban J connectivity index is 1.89. The van der Waals surface area contributed by atoms with Crippen LogP contribution in [0.1, 0.15) is 23.5 Å². The first-order chi connectivity index (χ1) is 9.74. The summed E-state index contributed by atoms with van der Waals surface area (Å²) in [5.74, 6) is -0.256. The highest BCUT2D eigenvalue weighted by atomic mass is 35.5. The molecule has 3 nitrogen and oxygen atoms in total. The molecule has 1 heterocycles. The molecule has 0 spiro atoms. The topological polar surface area (TPSA) is 41.5 Å². The SMILES string of the molecule is O=C1NN=C(c2ccc(Cl)cc2)CC1c1ccccc1. The average Bonchev–Trinajstić information content (AvgIpc) is 2.50. The molecule has 4 heteroatoms. The number of nitrogens with zero attached hydrogens (tertiary/aromatic N) is 1. The van der Waals surface area contributed by atoms with Crippen molar-refractivity contribution in [2.75, 3.05) is 0 Å². The van der Waals surface area contributed by atoms with Gasteiger partial charge in [-0.25, -0.2) is 5.43 Å². The van der Waals surface area contributed by atoms with Crippen LogP contribution in [-0.4, -0.2) is 11.6 Å². The van der Waals surface area contributed by atoms with Crippen LogP contribution < -0.4 is 5.43 Å². The summed E-state index contributed by atoms with van der Waals surface area (Å²) in [5, 5.41) is 4.85. The summed E-state index contributed by atoms with van der Waals surface area (Å²) >= 11 is 5.89. The molecule has 100 valence electrons. The lowest BCUT2D eigenvalue weighted by Gasteiger charge is -2.21. The monoisotopic (exact) mass is 284 g/mol. The first-order valence-corrected chi connectivity index (χ1v) is 6.79. The Morgan fingerprint density at radius 2 is 1.75 bits per heavy atom. The number of carbonyl (C=O) groups excluding carboxylic acids is 1. The van der Waals surface area contributed by atoms with Crippen molar-refractivity contribution in [2.45, 2.75) is 12.3 Å². The first kappa shape index (κ1) is 12.9. The maximum absolute atomic E-state index is 12.0. The van der Waals surface area contributed by atoms with Gasteiger partial charge in [0.1, 0.15) is 0 Å². The van der Waals surface area contributed by atoms with Gasteiger partial charge in [-0.3, -0.25) is 4.79 Å². The minimum atomic E-state index is -0.195. The second-order valence-electron chi connectivity index (χ2n) is 4.71. The van der Waals surface area contributed by atoms with Crippen molar-refractivity contribution >= 4 is 23.2 Å². The molecule has 0 bridgehead atoms. The number of rotatable bonds is 2. The van der Waals surface area contributed by atoms with Gasteiger partial charge in [0.2, 0.25) is 5.91 Å². The maximum Gasteiger partial charge on any atom is 0.248 e. The molecule has 2 aromatic rings. The lowest BCUT2D eigenvalue weighted by atomic mass is 9.89. The Labute approximate surface area is 122 Å². The van der Waals surface area contributed by atoms with E-state index in [1.807, 2.05) is 54.6 Å². The van der Waals surface area contributed by atoms with E-state index in [1.54, 1.807) is 0 Å². The zero-order valence-electron chi connectivity index (χ0n) is 10.7. The third kappa shape index (κ3) is 2.58. The second-order valence-corrected chi connectivity index (χ2v) is 5.15. The average molecular weight is 285 g/mol. The Hall–Kier alpha value is -2.13. The molecular formula is C16H13ClN2O. The van der Waals surface area contributed by atoms with Gasteiger partial charge in [-0.05, 0) is 23.3 Å². The molecule has 0 aliphatic carbocycles. The van der Waals surface area contributed by atoms with Gasteiger partial charge < -0.3 is 0 Å². The Morgan fingerprint density at radius 1 is 1.05 bits per heavy atom. The van der Waals surface area contributed by atoms with Crippen LogP contribution in [0.5, 0.6) is 0 Å². The van der Waals surface area contributed by atoms with E-state index >= 15 is 0 Å². The van der Waals surface area contributed by atoms with E-state index in [4.69, 9.17) is 11.6 Å². The molecular weight excluding hydrogens is 272 g/mol. The summed E-state index contributed by atoms with van der Waals surface area (Å²) in [7, 11) is 0. The predicted molar refractivity (Wildman–Crippen MR) is 79.9 cm³/mol. The van der Waals surface area contributed by atoms with Crippen molar-refractivity contribution in [3.8, 4) is 0 Å². The van der Waals surface area contributed by atoms with E-state index < -0.39 is 0 Å². The number of benzene rings is 2. The smallest absolute Gasteiger partial charge is 0.248 e. The highest BCUT2D eigenvalue weighted by molar-refractivity contribution is 6.30. The summed E-state index contributed by atoms with van der Waals surface area (Å²) in [6, 6.07) is 17.2. The number of amides is 1. The molecule has 0 radical (unpaired) electrons. The number of hydrogen-bond donors (Lipinski definition) is 1. The normalized spacial score (nSPS) is 18.4. The third-order valence-corrected chi connectivity index (χ3v) is 3.65. The quantitative estimate of drug-likeness (QED) is 0.903. The molecule has 0 saturated carbocycles. The van der Waals surface area contributed by atoms with E-state index in [2.05, 4.69) is 10.5 Å². The molecule has 0 saturated heterocycles. The van der Waals surface area contributed by atoms with Crippen LogP contribution in [0.15, 0.2) is 59.7 Å². The van der Waals surface area contributed by atoms with E-state index in [-0.39, 0.29) is 11.8 Å². The summed E-state index contributed by atoms with van der Waals surface area (Å²) in [4.78, 5) is 12.0. The molecule has 3 rings (SSSR count). The first-order valence-electron chi connectivity index (χ1n) is 6.41. The van der Waals surface area contributed by atoms with E-state index in [0.29, 0.717) is 11.4 Å². The predicted octanol–water partition coefficient (Wildman–Crippen LogP) is 3.35. The molecule has 1 amide bonds. The molecule has 1 N–H and O–H groups in total. The third-order valence-electron chi connectivity index (χ3n) is 3.39. The van der Waals surface area contributed by atoms with E-state index in [1.165, 1.54) is 0 Å². The largest absolute Gasteiger partial charge is 0.272 e. The van der Waals surface area contributed by atoms with Crippen LogP contribution in [0.2, 0.25) is 5.02 Å². The number of hydrogen-bond acceptors (Lipinski definition) is 2. The maximum atomic E-state index is 12.0. The van der Waals surface area contributed by atoms with E-state index in [0.717, 1.165) is 16.8 Å². The van der Waals surface area contributed by atoms with Crippen LogP contribution in [0.3, 0.4) is 0 Å². The molecule has 1 aliphatic heterocycles. The van der Waals surface area contributed by atoms with Crippen molar-refractivity contribution < 1.29 is 4.79 Å². The van der Waals surface area contributed by atoms with Crippen LogP contribution in [0.25, 0.3) is 0 Å². The Kier molecular flexibility index (Phi) is 3.52. The Bertz CT molecular complexity index is 650. The number of nitrogens with one attached hydrogen (secondary N) is 1. The summed E-state index contributed by atoms with van der Waals surface area (Å²) in [6.07, 6.45) is 0.595. The minimum absolute atomic E-state index is 0.0612. The zero-order valence-corrected chi connectivity index (χ0v) is 11.5. The van der Waals surface area contributed by atoms with E-state index in [9.17, 15) is 4.79 Å². The van der Waals surface area contributed by atoms with Gasteiger partial charge in [0.05, 0.1) is 11.6 Å². The van der Waals surface area contributed by atoms with Gasteiger partial charge in [0.25, 0.3) is 0 Å². The highest BCUT2D eigenvalue weighted by Crippen LogP contribution is 2.25. The highest BCUT2D eigenvalue weighted by Gasteiger charge is 2.26. The fraction of sp³-hybridized carbons (Fsp3) is 0.125. The summed E-state index contributed by atoms with van der Waals surface area (Å²) < 4.78 is 0. The van der Waals surface area contributed by atoms with Crippen LogP contribution >= 0.6 is 11.6 Å². The Morgan fingerprint density at radius 3 is 2.45 bits per heavy atom. The van der Waals surface area contributed by atoms with Crippen LogP contribution in [-0.2, 0) is 4.79 Å². The molecule has 1 aliphatic rings. The van der Waals surface area contributed by atoms with Crippen LogP contribution in [0, 0.1) is 0 Å². The fourth-order valence-electron chi connectivity index (χ4n) is 2.31. The van der Waals surface area contributed by atoms with Crippen molar-refractivity contribution in [3.05, 3.63) is 70.7 Å².